The molecule has 0 unspecified atom stereocenters. The monoisotopic (exact) mass is 300 g/mol. The van der Waals surface area contributed by atoms with E-state index in [1.807, 2.05) is 24.3 Å². The molecule has 0 radical (unpaired) electrons. The van der Waals surface area contributed by atoms with E-state index in [-0.39, 0.29) is 6.03 Å². The number of ether oxygens (including phenoxy) is 1. The second-order valence-corrected chi connectivity index (χ2v) is 4.50. The Hall–Kier alpha value is -1.07. The normalized spacial score (nSPS) is 10.0. The lowest BCUT2D eigenvalue weighted by atomic mass is 10.2. The Bertz CT molecular complexity index is 341. The number of benzene rings is 1. The highest BCUT2D eigenvalue weighted by Crippen LogP contribution is 2.09. The third-order valence-electron chi connectivity index (χ3n) is 2.18. The van der Waals surface area contributed by atoms with Gasteiger partial charge in [-0.25, -0.2) is 4.79 Å². The second-order valence-electron chi connectivity index (χ2n) is 3.58. The van der Waals surface area contributed by atoms with Crippen molar-refractivity contribution in [3.63, 3.8) is 0 Å². The van der Waals surface area contributed by atoms with Gasteiger partial charge >= 0.3 is 6.03 Å². The first kappa shape index (κ1) is 14.0. The number of methoxy groups -OCH3 is 1. The first-order chi connectivity index (χ1) is 8.22. The van der Waals surface area contributed by atoms with Crippen LogP contribution in [0.5, 0.6) is 0 Å². The zero-order valence-corrected chi connectivity index (χ0v) is 11.4. The third-order valence-corrected chi connectivity index (χ3v) is 2.71. The Morgan fingerprint density at radius 1 is 1.29 bits per heavy atom. The largest absolute Gasteiger partial charge is 0.385 e. The zero-order valence-electron chi connectivity index (χ0n) is 9.83. The Balaban J connectivity index is 2.17. The summed E-state index contributed by atoms with van der Waals surface area (Å²) >= 11 is 3.36. The van der Waals surface area contributed by atoms with Crippen LogP contribution in [0, 0.1) is 0 Å². The summed E-state index contributed by atoms with van der Waals surface area (Å²) in [5.74, 6) is 0. The number of halogens is 1. The first-order valence-electron chi connectivity index (χ1n) is 5.47. The van der Waals surface area contributed by atoms with Gasteiger partial charge in [-0.2, -0.15) is 0 Å². The predicted octanol–water partition coefficient (Wildman–Crippen LogP) is 2.28. The summed E-state index contributed by atoms with van der Waals surface area (Å²) in [6.07, 6.45) is 0.822. The molecule has 0 aliphatic heterocycles. The van der Waals surface area contributed by atoms with E-state index in [0.29, 0.717) is 19.7 Å². The minimum Gasteiger partial charge on any atom is -0.385 e. The summed E-state index contributed by atoms with van der Waals surface area (Å²) in [6.45, 7) is 1.82. The Labute approximate surface area is 110 Å². The molecular weight excluding hydrogens is 284 g/mol. The van der Waals surface area contributed by atoms with Gasteiger partial charge < -0.3 is 15.4 Å². The predicted molar refractivity (Wildman–Crippen MR) is 70.9 cm³/mol. The molecule has 5 heteroatoms. The maximum atomic E-state index is 11.4. The van der Waals surface area contributed by atoms with Gasteiger partial charge in [-0.3, -0.25) is 0 Å². The average Bonchev–Trinajstić information content (AvgIpc) is 2.34. The molecule has 0 aromatic heterocycles. The Morgan fingerprint density at radius 3 is 2.65 bits per heavy atom. The maximum absolute atomic E-state index is 11.4. The second kappa shape index (κ2) is 8.08. The van der Waals surface area contributed by atoms with Gasteiger partial charge in [-0.1, -0.05) is 28.1 Å². The molecule has 1 aromatic rings. The number of hydrogen-bond acceptors (Lipinski definition) is 2. The SMILES string of the molecule is COCCCNC(=O)NCc1ccc(Br)cc1. The van der Waals surface area contributed by atoms with Crippen molar-refractivity contribution in [3.05, 3.63) is 34.3 Å². The van der Waals surface area contributed by atoms with Gasteiger partial charge in [-0.15, -0.1) is 0 Å². The van der Waals surface area contributed by atoms with Crippen LogP contribution in [-0.4, -0.2) is 26.3 Å². The smallest absolute Gasteiger partial charge is 0.315 e. The van der Waals surface area contributed by atoms with Crippen molar-refractivity contribution in [2.24, 2.45) is 0 Å². The van der Waals surface area contributed by atoms with Crippen LogP contribution in [0.15, 0.2) is 28.7 Å². The topological polar surface area (TPSA) is 50.4 Å². The molecule has 94 valence electrons. The lowest BCUT2D eigenvalue weighted by Crippen LogP contribution is -2.35. The fraction of sp³-hybridized carbons (Fsp3) is 0.417. The first-order valence-corrected chi connectivity index (χ1v) is 6.27. The summed E-state index contributed by atoms with van der Waals surface area (Å²) in [4.78, 5) is 11.4. The van der Waals surface area contributed by atoms with Crippen LogP contribution >= 0.6 is 15.9 Å². The van der Waals surface area contributed by atoms with E-state index < -0.39 is 0 Å². The summed E-state index contributed by atoms with van der Waals surface area (Å²) in [5, 5.41) is 5.55. The third kappa shape index (κ3) is 6.28. The molecule has 0 spiro atoms. The molecule has 0 saturated carbocycles. The molecule has 4 nitrogen and oxygen atoms in total. The van der Waals surface area contributed by atoms with Crippen molar-refractivity contribution in [2.45, 2.75) is 13.0 Å². The van der Waals surface area contributed by atoms with E-state index in [9.17, 15) is 4.79 Å². The lowest BCUT2D eigenvalue weighted by molar-refractivity contribution is 0.193. The number of urea groups is 1. The van der Waals surface area contributed by atoms with Crippen LogP contribution in [0.4, 0.5) is 4.79 Å². The highest BCUT2D eigenvalue weighted by molar-refractivity contribution is 9.10. The maximum Gasteiger partial charge on any atom is 0.315 e. The molecule has 0 bridgehead atoms. The van der Waals surface area contributed by atoms with Gasteiger partial charge in [0.25, 0.3) is 0 Å². The summed E-state index contributed by atoms with van der Waals surface area (Å²) in [5.41, 5.74) is 1.07. The minimum atomic E-state index is -0.149. The van der Waals surface area contributed by atoms with E-state index in [0.717, 1.165) is 16.5 Å². The van der Waals surface area contributed by atoms with Crippen LogP contribution in [0.1, 0.15) is 12.0 Å². The molecule has 17 heavy (non-hydrogen) atoms. The van der Waals surface area contributed by atoms with Crippen LogP contribution in [0.25, 0.3) is 0 Å². The molecule has 0 fully saturated rings. The Kier molecular flexibility index (Phi) is 6.65. The fourth-order valence-corrected chi connectivity index (χ4v) is 1.53. The van der Waals surface area contributed by atoms with Gasteiger partial charge in [0, 0.05) is 31.3 Å². The number of nitrogens with one attached hydrogen (secondary N) is 2. The van der Waals surface area contributed by atoms with Crippen molar-refractivity contribution in [3.8, 4) is 0 Å². The zero-order chi connectivity index (χ0) is 12.5. The standard InChI is InChI=1S/C12H17BrN2O2/c1-17-8-2-7-14-12(16)15-9-10-3-5-11(13)6-4-10/h3-6H,2,7-9H2,1H3,(H2,14,15,16). The molecule has 0 aliphatic carbocycles. The van der Waals surface area contributed by atoms with E-state index in [1.165, 1.54) is 0 Å². The number of carbonyl (C=O) groups is 1. The lowest BCUT2D eigenvalue weighted by Gasteiger charge is -2.07. The quantitative estimate of drug-likeness (QED) is 0.792. The highest BCUT2D eigenvalue weighted by atomic mass is 79.9. The minimum absolute atomic E-state index is 0.149. The summed E-state index contributed by atoms with van der Waals surface area (Å²) in [6, 6.07) is 7.69. The summed E-state index contributed by atoms with van der Waals surface area (Å²) in [7, 11) is 1.65. The number of rotatable bonds is 6. The van der Waals surface area contributed by atoms with Gasteiger partial charge in [-0.05, 0) is 24.1 Å². The molecule has 0 atom stereocenters. The molecule has 0 saturated heterocycles. The van der Waals surface area contributed by atoms with Crippen molar-refractivity contribution in [1.82, 2.24) is 10.6 Å². The number of carbonyl (C=O) groups excluding carboxylic acids is 1. The summed E-state index contributed by atoms with van der Waals surface area (Å²) < 4.78 is 5.92. The molecule has 0 aliphatic rings. The molecule has 1 rings (SSSR count). The van der Waals surface area contributed by atoms with Crippen molar-refractivity contribution in [2.75, 3.05) is 20.3 Å². The van der Waals surface area contributed by atoms with Crippen LogP contribution in [0.3, 0.4) is 0 Å². The molecule has 0 heterocycles. The van der Waals surface area contributed by atoms with Crippen molar-refractivity contribution < 1.29 is 9.53 Å². The van der Waals surface area contributed by atoms with E-state index in [1.54, 1.807) is 7.11 Å². The van der Waals surface area contributed by atoms with Gasteiger partial charge in [0.2, 0.25) is 0 Å². The van der Waals surface area contributed by atoms with Crippen LogP contribution in [-0.2, 0) is 11.3 Å². The van der Waals surface area contributed by atoms with Crippen molar-refractivity contribution in [1.29, 1.82) is 0 Å². The Morgan fingerprint density at radius 2 is 2.00 bits per heavy atom. The number of hydrogen-bond donors (Lipinski definition) is 2. The fourth-order valence-electron chi connectivity index (χ4n) is 1.27. The van der Waals surface area contributed by atoms with E-state index in [2.05, 4.69) is 26.6 Å². The molecule has 2 N–H and O–H groups in total. The van der Waals surface area contributed by atoms with Crippen LogP contribution in [0.2, 0.25) is 0 Å². The van der Waals surface area contributed by atoms with Crippen molar-refractivity contribution >= 4 is 22.0 Å². The van der Waals surface area contributed by atoms with Gasteiger partial charge in [0.15, 0.2) is 0 Å². The molecule has 2 amide bonds. The van der Waals surface area contributed by atoms with E-state index >= 15 is 0 Å². The van der Waals surface area contributed by atoms with Gasteiger partial charge in [0.1, 0.15) is 0 Å². The molecule has 1 aromatic carbocycles. The molecular formula is C12H17BrN2O2. The number of amides is 2. The van der Waals surface area contributed by atoms with E-state index in [4.69, 9.17) is 4.74 Å². The van der Waals surface area contributed by atoms with Crippen LogP contribution < -0.4 is 10.6 Å². The average molecular weight is 301 g/mol. The highest BCUT2D eigenvalue weighted by Gasteiger charge is 1.99. The van der Waals surface area contributed by atoms with Gasteiger partial charge in [0.05, 0.1) is 0 Å².